The largest absolute Gasteiger partial charge is 0.497 e. The molecule has 0 amide bonds. The zero-order valence-electron chi connectivity index (χ0n) is 17.7. The molecule has 156 valence electrons. The zero-order valence-corrected chi connectivity index (χ0v) is 18.5. The lowest BCUT2D eigenvalue weighted by molar-refractivity contribution is 0.284. The van der Waals surface area contributed by atoms with Crippen LogP contribution in [0.15, 0.2) is 83.5 Å². The Morgan fingerprint density at radius 2 is 1.83 bits per heavy atom. The number of furan rings is 1. The van der Waals surface area contributed by atoms with E-state index in [1.807, 2.05) is 43.3 Å². The molecule has 0 saturated carbocycles. The van der Waals surface area contributed by atoms with Crippen molar-refractivity contribution in [3.05, 3.63) is 96.0 Å². The molecule has 0 bridgehead atoms. The molecule has 3 aromatic rings. The van der Waals surface area contributed by atoms with Crippen molar-refractivity contribution in [3.8, 4) is 5.75 Å². The molecule has 0 radical (unpaired) electrons. The van der Waals surface area contributed by atoms with Crippen LogP contribution in [0.5, 0.6) is 5.75 Å². The molecule has 30 heavy (non-hydrogen) atoms. The molecule has 0 aliphatic heterocycles. The lowest BCUT2D eigenvalue weighted by Crippen LogP contribution is -2.37. The van der Waals surface area contributed by atoms with Crippen LogP contribution >= 0.6 is 12.2 Å². The van der Waals surface area contributed by atoms with E-state index in [2.05, 4.69) is 48.0 Å². The quantitative estimate of drug-likeness (QED) is 0.332. The van der Waals surface area contributed by atoms with Gasteiger partial charge in [0.1, 0.15) is 11.5 Å². The fourth-order valence-electron chi connectivity index (χ4n) is 3.29. The Morgan fingerprint density at radius 1 is 1.13 bits per heavy atom. The molecule has 0 fully saturated rings. The number of nitrogens with zero attached hydrogens (tertiary/aromatic N) is 1. The van der Waals surface area contributed by atoms with Crippen LogP contribution in [0.4, 0.5) is 5.69 Å². The summed E-state index contributed by atoms with van der Waals surface area (Å²) >= 11 is 5.86. The summed E-state index contributed by atoms with van der Waals surface area (Å²) in [5, 5.41) is 4.03. The van der Waals surface area contributed by atoms with Crippen molar-refractivity contribution >= 4 is 23.0 Å². The molecule has 3 rings (SSSR count). The monoisotopic (exact) mass is 420 g/mol. The summed E-state index contributed by atoms with van der Waals surface area (Å²) in [7, 11) is 1.67. The van der Waals surface area contributed by atoms with E-state index in [1.165, 1.54) is 5.56 Å². The summed E-state index contributed by atoms with van der Waals surface area (Å²) in [5.74, 6) is 1.68. The van der Waals surface area contributed by atoms with E-state index in [0.717, 1.165) is 34.8 Å². The summed E-state index contributed by atoms with van der Waals surface area (Å²) in [4.78, 5) is 2.16. The van der Waals surface area contributed by atoms with Crippen LogP contribution in [0.3, 0.4) is 0 Å². The molecular weight excluding hydrogens is 392 g/mol. The molecule has 1 aromatic heterocycles. The molecule has 1 heterocycles. The lowest BCUT2D eigenvalue weighted by atomic mass is 9.98. The maximum atomic E-state index is 5.86. The van der Waals surface area contributed by atoms with Gasteiger partial charge >= 0.3 is 0 Å². The topological polar surface area (TPSA) is 37.6 Å². The number of aryl methyl sites for hydroxylation is 1. The first-order valence-electron chi connectivity index (χ1n) is 9.91. The van der Waals surface area contributed by atoms with Crippen molar-refractivity contribution in [2.24, 2.45) is 0 Å². The van der Waals surface area contributed by atoms with Gasteiger partial charge in [-0.05, 0) is 74.4 Å². The molecule has 4 nitrogen and oxygen atoms in total. The molecule has 0 aliphatic carbocycles. The fourth-order valence-corrected chi connectivity index (χ4v) is 3.60. The Labute approximate surface area is 184 Å². The lowest BCUT2D eigenvalue weighted by Gasteiger charge is -2.34. The van der Waals surface area contributed by atoms with Gasteiger partial charge in [0.15, 0.2) is 5.11 Å². The standard InChI is InChI=1S/C25H28N2O2S/c1-18(2)16-24(20-9-13-22(28-4)14-10-20)27(17-23-6-5-15-29-23)25(30)26-21-11-7-19(3)8-12-21/h5-15,24H,1,16-17H2,2-4H3,(H,26,30)/t24-/m1/s1. The highest BCUT2D eigenvalue weighted by Crippen LogP contribution is 2.31. The van der Waals surface area contributed by atoms with Crippen molar-refractivity contribution in [1.82, 2.24) is 4.90 Å². The third-order valence-corrected chi connectivity index (χ3v) is 5.23. The predicted octanol–water partition coefficient (Wildman–Crippen LogP) is 6.50. The van der Waals surface area contributed by atoms with Crippen molar-refractivity contribution in [3.63, 3.8) is 0 Å². The minimum Gasteiger partial charge on any atom is -0.497 e. The molecule has 0 spiro atoms. The van der Waals surface area contributed by atoms with E-state index < -0.39 is 0 Å². The maximum Gasteiger partial charge on any atom is 0.174 e. The van der Waals surface area contributed by atoms with Crippen molar-refractivity contribution in [2.75, 3.05) is 12.4 Å². The van der Waals surface area contributed by atoms with E-state index in [0.29, 0.717) is 11.7 Å². The molecule has 1 atom stereocenters. The smallest absolute Gasteiger partial charge is 0.174 e. The van der Waals surface area contributed by atoms with Gasteiger partial charge in [-0.3, -0.25) is 0 Å². The Balaban J connectivity index is 1.93. The van der Waals surface area contributed by atoms with Crippen LogP contribution in [0.1, 0.15) is 36.3 Å². The molecule has 0 saturated heterocycles. The summed E-state index contributed by atoms with van der Waals surface area (Å²) in [6.07, 6.45) is 2.45. The van der Waals surface area contributed by atoms with Gasteiger partial charge < -0.3 is 19.4 Å². The second-order valence-electron chi connectivity index (χ2n) is 7.45. The molecule has 2 aromatic carbocycles. The van der Waals surface area contributed by atoms with Crippen molar-refractivity contribution in [2.45, 2.75) is 32.9 Å². The highest BCUT2D eigenvalue weighted by atomic mass is 32.1. The van der Waals surface area contributed by atoms with Crippen LogP contribution < -0.4 is 10.1 Å². The van der Waals surface area contributed by atoms with Crippen LogP contribution in [-0.4, -0.2) is 17.1 Å². The number of nitrogens with one attached hydrogen (secondary N) is 1. The number of hydrogen-bond donors (Lipinski definition) is 1. The van der Waals surface area contributed by atoms with Gasteiger partial charge in [-0.25, -0.2) is 0 Å². The molecular formula is C25H28N2O2S. The SMILES string of the molecule is C=C(C)C[C@H](c1ccc(OC)cc1)N(Cc1ccco1)C(=S)Nc1ccc(C)cc1. The van der Waals surface area contributed by atoms with E-state index in [1.54, 1.807) is 13.4 Å². The molecule has 5 heteroatoms. The maximum absolute atomic E-state index is 5.86. The van der Waals surface area contributed by atoms with Crippen LogP contribution in [0.2, 0.25) is 0 Å². The number of methoxy groups -OCH3 is 1. The van der Waals surface area contributed by atoms with E-state index in [-0.39, 0.29) is 6.04 Å². The van der Waals surface area contributed by atoms with Crippen LogP contribution in [0.25, 0.3) is 0 Å². The minimum atomic E-state index is 0.00366. The number of rotatable bonds is 8. The van der Waals surface area contributed by atoms with Crippen molar-refractivity contribution < 1.29 is 9.15 Å². The zero-order chi connectivity index (χ0) is 21.5. The van der Waals surface area contributed by atoms with Gasteiger partial charge in [-0.1, -0.05) is 35.4 Å². The first-order valence-corrected chi connectivity index (χ1v) is 10.3. The molecule has 0 aliphatic rings. The van der Waals surface area contributed by atoms with E-state index in [4.69, 9.17) is 21.4 Å². The average molecular weight is 421 g/mol. The first kappa shape index (κ1) is 21.7. The highest BCUT2D eigenvalue weighted by molar-refractivity contribution is 7.80. The Bertz CT molecular complexity index is 963. The third kappa shape index (κ3) is 5.74. The second-order valence-corrected chi connectivity index (χ2v) is 7.84. The predicted molar refractivity (Wildman–Crippen MR) is 127 cm³/mol. The summed E-state index contributed by atoms with van der Waals surface area (Å²) < 4.78 is 11.0. The Kier molecular flexibility index (Phi) is 7.31. The normalized spacial score (nSPS) is 11.6. The number of hydrogen-bond acceptors (Lipinski definition) is 3. The van der Waals surface area contributed by atoms with Gasteiger partial charge in [0.25, 0.3) is 0 Å². The summed E-state index contributed by atoms with van der Waals surface area (Å²) in [6.45, 7) is 8.81. The summed E-state index contributed by atoms with van der Waals surface area (Å²) in [6, 6.07) is 20.2. The van der Waals surface area contributed by atoms with Gasteiger partial charge in [0.2, 0.25) is 0 Å². The summed E-state index contributed by atoms with van der Waals surface area (Å²) in [5.41, 5.74) is 4.38. The highest BCUT2D eigenvalue weighted by Gasteiger charge is 2.24. The van der Waals surface area contributed by atoms with Gasteiger partial charge in [0.05, 0.1) is 26.0 Å². The number of anilines is 1. The Morgan fingerprint density at radius 3 is 2.40 bits per heavy atom. The van der Waals surface area contributed by atoms with Crippen molar-refractivity contribution in [1.29, 1.82) is 0 Å². The Hall–Kier alpha value is -3.05. The number of thiocarbonyl (C=S) groups is 1. The minimum absolute atomic E-state index is 0.00366. The molecule has 1 N–H and O–H groups in total. The first-order chi connectivity index (χ1) is 14.5. The average Bonchev–Trinajstić information content (AvgIpc) is 3.25. The third-order valence-electron chi connectivity index (χ3n) is 4.89. The van der Waals surface area contributed by atoms with Crippen LogP contribution in [0, 0.1) is 6.92 Å². The van der Waals surface area contributed by atoms with Crippen LogP contribution in [-0.2, 0) is 6.54 Å². The van der Waals surface area contributed by atoms with E-state index >= 15 is 0 Å². The van der Waals surface area contributed by atoms with Gasteiger partial charge in [0, 0.05) is 5.69 Å². The second kappa shape index (κ2) is 10.1. The fraction of sp³-hybridized carbons (Fsp3) is 0.240. The van der Waals surface area contributed by atoms with Gasteiger partial charge in [-0.15, -0.1) is 6.58 Å². The molecule has 0 unspecified atom stereocenters. The number of ether oxygens (including phenoxy) is 1. The number of benzene rings is 2. The van der Waals surface area contributed by atoms with E-state index in [9.17, 15) is 0 Å². The van der Waals surface area contributed by atoms with Gasteiger partial charge in [-0.2, -0.15) is 0 Å².